The lowest BCUT2D eigenvalue weighted by molar-refractivity contribution is 0.453. The predicted molar refractivity (Wildman–Crippen MR) is 250 cm³/mol. The molecular formula is C56H39N3S. The molecular weight excluding hydrogens is 747 g/mol. The molecule has 0 radical (unpaired) electrons. The second kappa shape index (κ2) is 14.6. The predicted octanol–water partition coefficient (Wildman–Crippen LogP) is 14.1. The molecule has 0 saturated carbocycles. The number of allylic oxidation sites excluding steroid dienone is 1. The van der Waals surface area contributed by atoms with Crippen molar-refractivity contribution >= 4 is 22.7 Å². The summed E-state index contributed by atoms with van der Waals surface area (Å²) in [6.45, 7) is 8.94. The standard InChI is InChI=1S/C56H39N3S/c1-3-46-52(4-2)60-53-23-12-11-22-47(53)56(46)48-33-41(43-21-13-19-39-20-14-32-57-54(39)43)28-30-44(48)45-31-29-42(34-49(45)56)51-35-50(58-55(59-51)40-17-9-6-10-18-40)38-26-24-37(25-27-38)36-15-7-5-8-16-36/h3-35,46,52H,1-2H2. The molecule has 3 nitrogen and oxygen atoms in total. The molecule has 0 amide bonds. The van der Waals surface area contributed by atoms with Gasteiger partial charge in [-0.25, -0.2) is 9.97 Å². The molecule has 3 atom stereocenters. The fourth-order valence-electron chi connectivity index (χ4n) is 9.64. The second-order valence-electron chi connectivity index (χ2n) is 15.6. The fourth-order valence-corrected chi connectivity index (χ4v) is 11.0. The maximum absolute atomic E-state index is 5.31. The molecule has 3 unspecified atom stereocenters. The first-order chi connectivity index (χ1) is 29.6. The lowest BCUT2D eigenvalue weighted by Crippen LogP contribution is -2.43. The molecule has 284 valence electrons. The number of fused-ring (bicyclic) bond motifs is 8. The molecule has 1 aliphatic heterocycles. The van der Waals surface area contributed by atoms with Gasteiger partial charge in [-0.15, -0.1) is 24.9 Å². The van der Waals surface area contributed by atoms with Crippen LogP contribution in [0.3, 0.4) is 0 Å². The third kappa shape index (κ3) is 5.71. The largest absolute Gasteiger partial charge is 0.256 e. The van der Waals surface area contributed by atoms with Crippen LogP contribution in [0.2, 0.25) is 0 Å². The van der Waals surface area contributed by atoms with Gasteiger partial charge in [-0.1, -0.05) is 164 Å². The average Bonchev–Trinajstić information content (AvgIpc) is 3.60. The molecule has 9 aromatic rings. The molecule has 3 heterocycles. The first-order valence-corrected chi connectivity index (χ1v) is 21.3. The molecule has 0 fully saturated rings. The van der Waals surface area contributed by atoms with Crippen molar-refractivity contribution in [2.75, 3.05) is 0 Å². The minimum atomic E-state index is -0.553. The van der Waals surface area contributed by atoms with E-state index >= 15 is 0 Å². The topological polar surface area (TPSA) is 38.7 Å². The van der Waals surface area contributed by atoms with E-state index in [2.05, 4.69) is 177 Å². The molecule has 7 aromatic carbocycles. The van der Waals surface area contributed by atoms with Crippen LogP contribution in [0, 0.1) is 5.92 Å². The molecule has 1 aliphatic carbocycles. The first kappa shape index (κ1) is 36.0. The zero-order valence-corrected chi connectivity index (χ0v) is 33.7. The van der Waals surface area contributed by atoms with Crippen molar-refractivity contribution in [1.82, 2.24) is 15.0 Å². The number of aromatic nitrogens is 3. The van der Waals surface area contributed by atoms with Crippen molar-refractivity contribution in [2.24, 2.45) is 5.92 Å². The van der Waals surface area contributed by atoms with Crippen LogP contribution in [0.4, 0.5) is 0 Å². The lowest BCUT2D eigenvalue weighted by atomic mass is 9.62. The van der Waals surface area contributed by atoms with Crippen molar-refractivity contribution in [3.63, 3.8) is 0 Å². The van der Waals surface area contributed by atoms with Gasteiger partial charge in [0.05, 0.1) is 22.3 Å². The van der Waals surface area contributed by atoms with E-state index in [-0.39, 0.29) is 11.2 Å². The maximum Gasteiger partial charge on any atom is 0.160 e. The minimum Gasteiger partial charge on any atom is -0.256 e. The Labute approximate surface area is 354 Å². The molecule has 2 aromatic heterocycles. The smallest absolute Gasteiger partial charge is 0.160 e. The Hall–Kier alpha value is -7.14. The van der Waals surface area contributed by atoms with Crippen LogP contribution in [-0.4, -0.2) is 20.2 Å². The minimum absolute atomic E-state index is 0.00927. The van der Waals surface area contributed by atoms with E-state index in [4.69, 9.17) is 15.0 Å². The average molecular weight is 786 g/mol. The molecule has 0 saturated heterocycles. The van der Waals surface area contributed by atoms with E-state index in [0.717, 1.165) is 50.1 Å². The van der Waals surface area contributed by atoms with Gasteiger partial charge in [0.15, 0.2) is 5.82 Å². The van der Waals surface area contributed by atoms with E-state index in [9.17, 15) is 0 Å². The van der Waals surface area contributed by atoms with Crippen molar-refractivity contribution in [3.8, 4) is 67.3 Å². The summed E-state index contributed by atoms with van der Waals surface area (Å²) in [6.07, 6.45) is 6.17. The van der Waals surface area contributed by atoms with Gasteiger partial charge in [-0.2, -0.15) is 0 Å². The third-order valence-electron chi connectivity index (χ3n) is 12.4. The summed E-state index contributed by atoms with van der Waals surface area (Å²) in [4.78, 5) is 16.6. The lowest BCUT2D eigenvalue weighted by Gasteiger charge is -2.46. The molecule has 1 spiro atoms. The second-order valence-corrected chi connectivity index (χ2v) is 16.8. The van der Waals surface area contributed by atoms with Crippen molar-refractivity contribution in [3.05, 3.63) is 230 Å². The zero-order valence-electron chi connectivity index (χ0n) is 32.9. The van der Waals surface area contributed by atoms with Crippen molar-refractivity contribution in [1.29, 1.82) is 0 Å². The quantitative estimate of drug-likeness (QED) is 0.151. The summed E-state index contributed by atoms with van der Waals surface area (Å²) in [7, 11) is 0. The van der Waals surface area contributed by atoms with Gasteiger partial charge < -0.3 is 0 Å². The molecule has 4 heteroatoms. The SMILES string of the molecule is C=CC1Sc2ccccc2C2(c3cc(-c4cc(-c5ccc(-c6ccccc6)cc5)nc(-c5ccccc5)n4)ccc3-c3ccc(-c4cccc5cccnc45)cc32)C1C=C. The summed E-state index contributed by atoms with van der Waals surface area (Å²) < 4.78 is 0. The highest BCUT2D eigenvalue weighted by Gasteiger charge is 2.54. The Morgan fingerprint density at radius 2 is 1.07 bits per heavy atom. The zero-order chi connectivity index (χ0) is 40.2. The highest BCUT2D eigenvalue weighted by Crippen LogP contribution is 2.63. The van der Waals surface area contributed by atoms with E-state index in [0.29, 0.717) is 5.82 Å². The van der Waals surface area contributed by atoms with Gasteiger partial charge in [0, 0.05) is 49.9 Å². The number of benzene rings is 7. The van der Waals surface area contributed by atoms with Crippen molar-refractivity contribution in [2.45, 2.75) is 15.6 Å². The monoisotopic (exact) mass is 785 g/mol. The van der Waals surface area contributed by atoms with E-state index in [1.54, 1.807) is 0 Å². The van der Waals surface area contributed by atoms with Crippen LogP contribution in [-0.2, 0) is 5.41 Å². The normalized spacial score (nSPS) is 17.5. The van der Waals surface area contributed by atoms with Crippen LogP contribution < -0.4 is 0 Å². The van der Waals surface area contributed by atoms with Gasteiger partial charge >= 0.3 is 0 Å². The van der Waals surface area contributed by atoms with Crippen molar-refractivity contribution < 1.29 is 0 Å². The van der Waals surface area contributed by atoms with Crippen LogP contribution in [0.5, 0.6) is 0 Å². The number of hydrogen-bond acceptors (Lipinski definition) is 4. The number of pyridine rings is 1. The molecule has 2 aliphatic rings. The van der Waals surface area contributed by atoms with Gasteiger partial charge in [-0.05, 0) is 74.8 Å². The van der Waals surface area contributed by atoms with Gasteiger partial charge in [0.2, 0.25) is 0 Å². The summed E-state index contributed by atoms with van der Waals surface area (Å²) >= 11 is 1.88. The van der Waals surface area contributed by atoms with Crippen LogP contribution >= 0.6 is 11.8 Å². The Bertz CT molecular complexity index is 3110. The molecule has 11 rings (SSSR count). The third-order valence-corrected chi connectivity index (χ3v) is 13.7. The Balaban J connectivity index is 1.14. The summed E-state index contributed by atoms with van der Waals surface area (Å²) in [5.41, 5.74) is 16.1. The van der Waals surface area contributed by atoms with Crippen LogP contribution in [0.25, 0.3) is 78.2 Å². The molecule has 0 N–H and O–H groups in total. The Morgan fingerprint density at radius 3 is 1.80 bits per heavy atom. The first-order valence-electron chi connectivity index (χ1n) is 20.4. The highest BCUT2D eigenvalue weighted by atomic mass is 32.2. The van der Waals surface area contributed by atoms with Crippen LogP contribution in [0.1, 0.15) is 16.7 Å². The molecule has 60 heavy (non-hydrogen) atoms. The number of rotatable bonds is 7. The van der Waals surface area contributed by atoms with Gasteiger partial charge in [0.25, 0.3) is 0 Å². The Kier molecular flexibility index (Phi) is 8.75. The number of para-hydroxylation sites is 1. The number of thioether (sulfide) groups is 1. The summed E-state index contributed by atoms with van der Waals surface area (Å²) in [5, 5.41) is 1.22. The van der Waals surface area contributed by atoms with E-state index in [1.165, 1.54) is 43.8 Å². The Morgan fingerprint density at radius 1 is 0.467 bits per heavy atom. The number of hydrogen-bond donors (Lipinski definition) is 0. The maximum atomic E-state index is 5.31. The molecule has 0 bridgehead atoms. The fraction of sp³-hybridized carbons (Fsp3) is 0.0536. The van der Waals surface area contributed by atoms with Gasteiger partial charge in [0.1, 0.15) is 0 Å². The van der Waals surface area contributed by atoms with Crippen LogP contribution in [0.15, 0.2) is 218 Å². The highest BCUT2D eigenvalue weighted by molar-refractivity contribution is 8.00. The summed E-state index contributed by atoms with van der Waals surface area (Å²) in [6, 6.07) is 65.1. The summed E-state index contributed by atoms with van der Waals surface area (Å²) in [5.74, 6) is 0.701. The van der Waals surface area contributed by atoms with Gasteiger partial charge in [-0.3, -0.25) is 4.98 Å². The van der Waals surface area contributed by atoms with E-state index in [1.807, 2.05) is 48.3 Å². The number of nitrogens with zero attached hydrogens (tertiary/aromatic N) is 3. The van der Waals surface area contributed by atoms with E-state index < -0.39 is 5.41 Å².